The zero-order chi connectivity index (χ0) is 24.9. The van der Waals surface area contributed by atoms with Crippen LogP contribution in [0.1, 0.15) is 57.9 Å². The molecule has 190 valence electrons. The van der Waals surface area contributed by atoms with Gasteiger partial charge in [-0.05, 0) is 30.9 Å². The number of amides is 2. The van der Waals surface area contributed by atoms with Gasteiger partial charge in [0, 0.05) is 30.9 Å². The number of ketones is 1. The fraction of sp³-hybridized carbons (Fsp3) is 0.654. The number of hydrogen-bond donors (Lipinski definition) is 3. The van der Waals surface area contributed by atoms with Crippen molar-refractivity contribution in [2.75, 3.05) is 24.6 Å². The predicted molar refractivity (Wildman–Crippen MR) is 139 cm³/mol. The van der Waals surface area contributed by atoms with E-state index in [-0.39, 0.29) is 23.5 Å². The van der Waals surface area contributed by atoms with Gasteiger partial charge in [-0.25, -0.2) is 0 Å². The Morgan fingerprint density at radius 2 is 1.88 bits per heavy atom. The van der Waals surface area contributed by atoms with Crippen LogP contribution < -0.4 is 16.8 Å². The largest absolute Gasteiger partial charge is 0.343 e. The average molecular weight is 491 g/mol. The summed E-state index contributed by atoms with van der Waals surface area (Å²) in [6.07, 6.45) is 5.31. The molecule has 8 heteroatoms. The number of hydrogen-bond acceptors (Lipinski definition) is 6. The van der Waals surface area contributed by atoms with Crippen molar-refractivity contribution in [2.24, 2.45) is 17.4 Å². The highest BCUT2D eigenvalue weighted by molar-refractivity contribution is 7.99. The molecule has 1 saturated heterocycles. The minimum absolute atomic E-state index is 0.00227. The molecule has 0 bridgehead atoms. The average Bonchev–Trinajstić information content (AvgIpc) is 2.85. The van der Waals surface area contributed by atoms with E-state index in [0.717, 1.165) is 43.4 Å². The summed E-state index contributed by atoms with van der Waals surface area (Å²) in [4.78, 5) is 41.4. The van der Waals surface area contributed by atoms with Crippen molar-refractivity contribution in [3.05, 3.63) is 35.9 Å². The Hall–Kier alpha value is -1.90. The van der Waals surface area contributed by atoms with E-state index in [9.17, 15) is 14.4 Å². The van der Waals surface area contributed by atoms with Crippen molar-refractivity contribution in [3.63, 3.8) is 0 Å². The molecule has 1 aliphatic rings. The molecular formula is C26H42N4O3S. The maximum absolute atomic E-state index is 13.9. The first-order valence-corrected chi connectivity index (χ1v) is 13.7. The van der Waals surface area contributed by atoms with E-state index >= 15 is 0 Å². The van der Waals surface area contributed by atoms with Crippen molar-refractivity contribution in [3.8, 4) is 0 Å². The second-order valence-electron chi connectivity index (χ2n) is 9.20. The van der Waals surface area contributed by atoms with Gasteiger partial charge in [-0.1, -0.05) is 63.4 Å². The van der Waals surface area contributed by atoms with Gasteiger partial charge in [0.1, 0.15) is 6.04 Å². The number of rotatable bonds is 14. The highest BCUT2D eigenvalue weighted by atomic mass is 32.2. The lowest BCUT2D eigenvalue weighted by molar-refractivity contribution is -0.142. The highest BCUT2D eigenvalue weighted by Gasteiger charge is 2.36. The van der Waals surface area contributed by atoms with Crippen LogP contribution >= 0.6 is 11.8 Å². The molecule has 4 atom stereocenters. The maximum Gasteiger partial charge on any atom is 0.246 e. The van der Waals surface area contributed by atoms with Gasteiger partial charge < -0.3 is 21.7 Å². The number of thioether (sulfide) groups is 1. The summed E-state index contributed by atoms with van der Waals surface area (Å²) in [5.41, 5.74) is 12.7. The van der Waals surface area contributed by atoms with Crippen molar-refractivity contribution < 1.29 is 14.4 Å². The summed E-state index contributed by atoms with van der Waals surface area (Å²) in [7, 11) is 0. The first-order chi connectivity index (χ1) is 16.4. The van der Waals surface area contributed by atoms with Crippen LogP contribution in [0, 0.1) is 5.92 Å². The van der Waals surface area contributed by atoms with Crippen LogP contribution in [0.3, 0.4) is 0 Å². The second-order valence-corrected chi connectivity index (χ2v) is 10.4. The fourth-order valence-electron chi connectivity index (χ4n) is 4.12. The van der Waals surface area contributed by atoms with Crippen LogP contribution in [0.5, 0.6) is 0 Å². The third-order valence-corrected chi connectivity index (χ3v) is 7.65. The van der Waals surface area contributed by atoms with E-state index in [1.54, 1.807) is 16.7 Å². The Labute approximate surface area is 208 Å². The molecule has 1 aliphatic heterocycles. The molecule has 1 aromatic carbocycles. The van der Waals surface area contributed by atoms with E-state index in [4.69, 9.17) is 11.5 Å². The van der Waals surface area contributed by atoms with Crippen LogP contribution in [0.2, 0.25) is 0 Å². The molecule has 1 aromatic rings. The molecule has 0 aromatic heterocycles. The number of nitrogens with zero attached hydrogens (tertiary/aromatic N) is 1. The zero-order valence-electron chi connectivity index (χ0n) is 20.7. The first-order valence-electron chi connectivity index (χ1n) is 12.6. The molecule has 0 spiro atoms. The smallest absolute Gasteiger partial charge is 0.246 e. The van der Waals surface area contributed by atoms with Crippen LogP contribution in [-0.4, -0.2) is 65.2 Å². The standard InChI is InChI=1S/C26H42N4O3S/c1-3-19(2)24(28)25(32)29-21(17-20-11-7-6-8-12-20)26(33)30(15-10-5-4-9-14-27)22-18-34-16-13-23(22)31/h6-8,11-12,19,21-22,24H,3-5,9-10,13-18,27-28H2,1-2H3,(H,29,32)/t19-,21+,22+,24-/m1/s1. The molecule has 2 amide bonds. The predicted octanol–water partition coefficient (Wildman–Crippen LogP) is 2.51. The van der Waals surface area contributed by atoms with Crippen LogP contribution in [0.4, 0.5) is 0 Å². The number of Topliss-reactive ketones (excluding diaryl/α,β-unsaturated/α-hetero) is 1. The van der Waals surface area contributed by atoms with E-state index < -0.39 is 18.1 Å². The summed E-state index contributed by atoms with van der Waals surface area (Å²) in [5.74, 6) is 0.981. The Bertz CT molecular complexity index is 777. The Balaban J connectivity index is 2.25. The van der Waals surface area contributed by atoms with Gasteiger partial charge in [-0.2, -0.15) is 11.8 Å². The van der Waals surface area contributed by atoms with E-state index in [0.29, 0.717) is 31.7 Å². The number of carbonyl (C=O) groups excluding carboxylic acids is 3. The minimum atomic E-state index is -0.770. The van der Waals surface area contributed by atoms with Crippen molar-refractivity contribution in [2.45, 2.75) is 76.9 Å². The number of nitrogens with one attached hydrogen (secondary N) is 1. The Kier molecular flexibility index (Phi) is 12.6. The molecule has 5 N–H and O–H groups in total. The van der Waals surface area contributed by atoms with E-state index in [2.05, 4.69) is 5.32 Å². The van der Waals surface area contributed by atoms with E-state index in [1.807, 2.05) is 44.2 Å². The zero-order valence-corrected chi connectivity index (χ0v) is 21.5. The summed E-state index contributed by atoms with van der Waals surface area (Å²) >= 11 is 1.70. The fourth-order valence-corrected chi connectivity index (χ4v) is 5.22. The molecule has 1 fully saturated rings. The summed E-state index contributed by atoms with van der Waals surface area (Å²) in [6, 6.07) is 7.74. The number of carbonyl (C=O) groups is 3. The van der Waals surface area contributed by atoms with Crippen LogP contribution in [0.15, 0.2) is 30.3 Å². The monoisotopic (exact) mass is 490 g/mol. The topological polar surface area (TPSA) is 119 Å². The molecule has 1 heterocycles. The molecule has 0 radical (unpaired) electrons. The lowest BCUT2D eigenvalue weighted by Gasteiger charge is -2.36. The second kappa shape index (κ2) is 15.2. The number of nitrogens with two attached hydrogens (primary N) is 2. The van der Waals surface area contributed by atoms with Gasteiger partial charge >= 0.3 is 0 Å². The lowest BCUT2D eigenvalue weighted by atomic mass is 9.97. The molecular weight excluding hydrogens is 448 g/mol. The summed E-state index contributed by atoms with van der Waals surface area (Å²) < 4.78 is 0. The number of unbranched alkanes of at least 4 members (excludes halogenated alkanes) is 3. The lowest BCUT2D eigenvalue weighted by Crippen LogP contribution is -2.58. The van der Waals surface area contributed by atoms with Gasteiger partial charge in [0.25, 0.3) is 0 Å². The van der Waals surface area contributed by atoms with Crippen molar-refractivity contribution in [1.82, 2.24) is 10.2 Å². The molecule has 0 saturated carbocycles. The molecule has 34 heavy (non-hydrogen) atoms. The third-order valence-electron chi connectivity index (χ3n) is 6.61. The highest BCUT2D eigenvalue weighted by Crippen LogP contribution is 2.21. The Morgan fingerprint density at radius 1 is 1.18 bits per heavy atom. The van der Waals surface area contributed by atoms with Crippen molar-refractivity contribution in [1.29, 1.82) is 0 Å². The molecule has 7 nitrogen and oxygen atoms in total. The first kappa shape index (κ1) is 28.3. The Morgan fingerprint density at radius 3 is 2.53 bits per heavy atom. The molecule has 0 unspecified atom stereocenters. The third kappa shape index (κ3) is 8.71. The summed E-state index contributed by atoms with van der Waals surface area (Å²) in [6.45, 7) is 5.08. The van der Waals surface area contributed by atoms with Crippen molar-refractivity contribution >= 4 is 29.4 Å². The van der Waals surface area contributed by atoms with E-state index in [1.165, 1.54) is 0 Å². The quantitative estimate of drug-likeness (QED) is 0.345. The minimum Gasteiger partial charge on any atom is -0.343 e. The van der Waals surface area contributed by atoms with Crippen LogP contribution in [0.25, 0.3) is 0 Å². The van der Waals surface area contributed by atoms with Gasteiger partial charge in [-0.15, -0.1) is 0 Å². The van der Waals surface area contributed by atoms with Gasteiger partial charge in [0.05, 0.1) is 12.1 Å². The maximum atomic E-state index is 13.9. The number of benzene rings is 1. The van der Waals surface area contributed by atoms with Gasteiger partial charge in [-0.3, -0.25) is 14.4 Å². The molecule has 2 rings (SSSR count). The normalized spacial score (nSPS) is 18.7. The van der Waals surface area contributed by atoms with Gasteiger partial charge in [0.15, 0.2) is 5.78 Å². The molecule has 0 aliphatic carbocycles. The summed E-state index contributed by atoms with van der Waals surface area (Å²) in [5, 5.41) is 2.94. The van der Waals surface area contributed by atoms with Crippen LogP contribution in [-0.2, 0) is 20.8 Å². The van der Waals surface area contributed by atoms with Gasteiger partial charge in [0.2, 0.25) is 11.8 Å². The SMILES string of the molecule is CC[C@@H](C)[C@@H](N)C(=O)N[C@@H](Cc1ccccc1)C(=O)N(CCCCCCN)[C@H]1CSCCC1=O.